The van der Waals surface area contributed by atoms with Crippen molar-refractivity contribution >= 4 is 23.2 Å². The van der Waals surface area contributed by atoms with Gasteiger partial charge in [0.2, 0.25) is 0 Å². The largest absolute Gasteiger partial charge is 0.308 e. The number of anilines is 1. The Morgan fingerprint density at radius 2 is 1.37 bits per heavy atom. The van der Waals surface area contributed by atoms with E-state index in [-0.39, 0.29) is 5.91 Å². The highest BCUT2D eigenvalue weighted by Crippen LogP contribution is 2.23. The molecular weight excluding hydrogens is 356 g/mol. The number of carbonyl (C=O) groups is 1. The zero-order valence-corrected chi connectivity index (χ0v) is 16.4. The second kappa shape index (κ2) is 8.85. The third-order valence-corrected chi connectivity index (χ3v) is 4.65. The lowest BCUT2D eigenvalue weighted by atomic mass is 10.0. The van der Waals surface area contributed by atoms with Crippen molar-refractivity contribution in [3.8, 4) is 11.1 Å². The molecule has 0 unspecified atom stereocenters. The normalized spacial score (nSPS) is 10.8. The van der Waals surface area contributed by atoms with E-state index in [1.54, 1.807) is 4.90 Å². The Balaban J connectivity index is 1.85. The first kappa shape index (κ1) is 19.2. The summed E-state index contributed by atoms with van der Waals surface area (Å²) in [4.78, 5) is 17.0. The molecule has 0 saturated heterocycles. The fourth-order valence-electron chi connectivity index (χ4n) is 2.86. The molecule has 0 radical (unpaired) electrons. The molecule has 0 aliphatic rings. The highest BCUT2D eigenvalue weighted by atomic mass is 35.5. The smallest absolute Gasteiger partial charge is 0.258 e. The Kier molecular flexibility index (Phi) is 6.28. The minimum Gasteiger partial charge on any atom is -0.308 e. The Labute approximate surface area is 165 Å². The summed E-state index contributed by atoms with van der Waals surface area (Å²) in [6.07, 6.45) is 0. The lowest BCUT2D eigenvalue weighted by Gasteiger charge is -2.25. The number of benzene rings is 3. The van der Waals surface area contributed by atoms with Crippen LogP contribution in [0.2, 0.25) is 5.02 Å². The fraction of sp³-hybridized carbons (Fsp3) is 0.174. The van der Waals surface area contributed by atoms with Crippen molar-refractivity contribution in [1.82, 2.24) is 4.90 Å². The SMILES string of the molecule is CN(C)CCN(C(=O)c1ccc(-c2ccccc2)cc1)c1ccc(Cl)cc1. The van der Waals surface area contributed by atoms with Crippen LogP contribution in [0.5, 0.6) is 0 Å². The Morgan fingerprint density at radius 1 is 0.778 bits per heavy atom. The first-order valence-electron chi connectivity index (χ1n) is 8.92. The van der Waals surface area contributed by atoms with Crippen LogP contribution in [0.1, 0.15) is 10.4 Å². The zero-order valence-electron chi connectivity index (χ0n) is 15.6. The average Bonchev–Trinajstić information content (AvgIpc) is 2.70. The maximum Gasteiger partial charge on any atom is 0.258 e. The number of hydrogen-bond acceptors (Lipinski definition) is 2. The second-order valence-corrected chi connectivity index (χ2v) is 7.12. The lowest BCUT2D eigenvalue weighted by Crippen LogP contribution is -2.36. The van der Waals surface area contributed by atoms with E-state index >= 15 is 0 Å². The molecule has 3 aromatic rings. The van der Waals surface area contributed by atoms with Crippen molar-refractivity contribution < 1.29 is 4.79 Å². The van der Waals surface area contributed by atoms with Gasteiger partial charge in [0.1, 0.15) is 0 Å². The van der Waals surface area contributed by atoms with E-state index in [1.165, 1.54) is 0 Å². The van der Waals surface area contributed by atoms with Gasteiger partial charge in [-0.05, 0) is 61.6 Å². The maximum atomic E-state index is 13.2. The first-order chi connectivity index (χ1) is 13.0. The quantitative estimate of drug-likeness (QED) is 0.587. The highest BCUT2D eigenvalue weighted by molar-refractivity contribution is 6.30. The van der Waals surface area contributed by atoms with Gasteiger partial charge in [0.05, 0.1) is 0 Å². The van der Waals surface area contributed by atoms with Crippen molar-refractivity contribution in [2.75, 3.05) is 32.1 Å². The summed E-state index contributed by atoms with van der Waals surface area (Å²) < 4.78 is 0. The fourth-order valence-corrected chi connectivity index (χ4v) is 2.99. The predicted molar refractivity (Wildman–Crippen MR) is 114 cm³/mol. The van der Waals surface area contributed by atoms with E-state index in [1.807, 2.05) is 80.8 Å². The monoisotopic (exact) mass is 378 g/mol. The van der Waals surface area contributed by atoms with Crippen molar-refractivity contribution in [2.45, 2.75) is 0 Å². The van der Waals surface area contributed by atoms with Crippen LogP contribution in [0.25, 0.3) is 11.1 Å². The third-order valence-electron chi connectivity index (χ3n) is 4.39. The number of rotatable bonds is 6. The maximum absolute atomic E-state index is 13.2. The summed E-state index contributed by atoms with van der Waals surface area (Å²) in [5.74, 6) is -0.0150. The van der Waals surface area contributed by atoms with Crippen molar-refractivity contribution in [2.24, 2.45) is 0 Å². The molecule has 138 valence electrons. The molecule has 0 atom stereocenters. The van der Waals surface area contributed by atoms with Gasteiger partial charge >= 0.3 is 0 Å². The molecule has 0 aliphatic heterocycles. The van der Waals surface area contributed by atoms with Gasteiger partial charge in [-0.15, -0.1) is 0 Å². The van der Waals surface area contributed by atoms with Crippen LogP contribution >= 0.6 is 11.6 Å². The molecule has 27 heavy (non-hydrogen) atoms. The molecule has 4 heteroatoms. The number of hydrogen-bond donors (Lipinski definition) is 0. The standard InChI is InChI=1S/C23H23ClN2O/c1-25(2)16-17-26(22-14-12-21(24)13-15-22)23(27)20-10-8-19(9-11-20)18-6-4-3-5-7-18/h3-15H,16-17H2,1-2H3. The van der Waals surface area contributed by atoms with Crippen LogP contribution in [0.3, 0.4) is 0 Å². The zero-order chi connectivity index (χ0) is 19.2. The van der Waals surface area contributed by atoms with E-state index in [0.717, 1.165) is 23.4 Å². The summed E-state index contributed by atoms with van der Waals surface area (Å²) in [6.45, 7) is 1.38. The topological polar surface area (TPSA) is 23.6 Å². The minimum atomic E-state index is -0.0150. The molecule has 1 amide bonds. The third kappa shape index (κ3) is 4.97. The summed E-state index contributed by atoms with van der Waals surface area (Å²) in [6, 6.07) is 25.3. The van der Waals surface area contributed by atoms with Gasteiger partial charge in [0.15, 0.2) is 0 Å². The van der Waals surface area contributed by atoms with Gasteiger partial charge < -0.3 is 9.80 Å². The first-order valence-corrected chi connectivity index (χ1v) is 9.30. The van der Waals surface area contributed by atoms with Crippen LogP contribution in [0.15, 0.2) is 78.9 Å². The van der Waals surface area contributed by atoms with Crippen LogP contribution < -0.4 is 4.90 Å². The molecule has 0 spiro atoms. The van der Waals surface area contributed by atoms with Crippen LogP contribution in [0, 0.1) is 0 Å². The van der Waals surface area contributed by atoms with E-state index in [0.29, 0.717) is 17.1 Å². The van der Waals surface area contributed by atoms with Gasteiger partial charge in [-0.25, -0.2) is 0 Å². The van der Waals surface area contributed by atoms with Crippen LogP contribution in [-0.2, 0) is 0 Å². The van der Waals surface area contributed by atoms with Gasteiger partial charge in [0.25, 0.3) is 5.91 Å². The molecule has 0 N–H and O–H groups in total. The van der Waals surface area contributed by atoms with Crippen molar-refractivity contribution in [3.63, 3.8) is 0 Å². The molecule has 0 aliphatic carbocycles. The second-order valence-electron chi connectivity index (χ2n) is 6.68. The molecular formula is C23H23ClN2O. The predicted octanol–water partition coefficient (Wildman–Crippen LogP) is 5.22. The molecule has 0 aromatic heterocycles. The highest BCUT2D eigenvalue weighted by Gasteiger charge is 2.18. The van der Waals surface area contributed by atoms with E-state index in [2.05, 4.69) is 17.0 Å². The Hall–Kier alpha value is -2.62. The molecule has 0 fully saturated rings. The summed E-state index contributed by atoms with van der Waals surface area (Å²) in [5.41, 5.74) is 3.75. The summed E-state index contributed by atoms with van der Waals surface area (Å²) in [7, 11) is 4.00. The summed E-state index contributed by atoms with van der Waals surface area (Å²) >= 11 is 6.00. The molecule has 3 nitrogen and oxygen atoms in total. The Bertz CT molecular complexity index is 875. The Morgan fingerprint density at radius 3 is 1.96 bits per heavy atom. The summed E-state index contributed by atoms with van der Waals surface area (Å²) in [5, 5.41) is 0.658. The number of nitrogens with zero attached hydrogens (tertiary/aromatic N) is 2. The van der Waals surface area contributed by atoms with Gasteiger partial charge in [-0.2, -0.15) is 0 Å². The van der Waals surface area contributed by atoms with Crippen molar-refractivity contribution in [1.29, 1.82) is 0 Å². The van der Waals surface area contributed by atoms with Gasteiger partial charge in [0, 0.05) is 29.4 Å². The van der Waals surface area contributed by atoms with Gasteiger partial charge in [-0.1, -0.05) is 54.1 Å². The van der Waals surface area contributed by atoms with E-state index < -0.39 is 0 Å². The number of carbonyl (C=O) groups excluding carboxylic acids is 1. The van der Waals surface area contributed by atoms with Crippen molar-refractivity contribution in [3.05, 3.63) is 89.4 Å². The average molecular weight is 379 g/mol. The van der Waals surface area contributed by atoms with E-state index in [4.69, 9.17) is 11.6 Å². The number of halogens is 1. The molecule has 3 aromatic carbocycles. The van der Waals surface area contributed by atoms with E-state index in [9.17, 15) is 4.79 Å². The molecule has 0 saturated carbocycles. The molecule has 0 bridgehead atoms. The lowest BCUT2D eigenvalue weighted by molar-refractivity contribution is 0.0985. The van der Waals surface area contributed by atoms with Crippen LogP contribution in [0.4, 0.5) is 5.69 Å². The van der Waals surface area contributed by atoms with Crippen LogP contribution in [-0.4, -0.2) is 38.0 Å². The molecule has 3 rings (SSSR count). The number of likely N-dealkylation sites (N-methyl/N-ethyl adjacent to an activating group) is 1. The number of amides is 1. The molecule has 0 heterocycles. The minimum absolute atomic E-state index is 0.0150. The van der Waals surface area contributed by atoms with Gasteiger partial charge in [-0.3, -0.25) is 4.79 Å².